The Labute approximate surface area is 86.3 Å². The van der Waals surface area contributed by atoms with Gasteiger partial charge in [0, 0.05) is 5.41 Å². The van der Waals surface area contributed by atoms with Crippen LogP contribution in [-0.2, 0) is 11.8 Å². The van der Waals surface area contributed by atoms with E-state index in [4.69, 9.17) is 0 Å². The van der Waals surface area contributed by atoms with Crippen molar-refractivity contribution in [3.63, 3.8) is 0 Å². The molecular formula is C14H18. The lowest BCUT2D eigenvalue weighted by atomic mass is 9.89. The fourth-order valence-corrected chi connectivity index (χ4v) is 3.89. The first-order valence-electron chi connectivity index (χ1n) is 5.69. The van der Waals surface area contributed by atoms with Gasteiger partial charge in [-0.1, -0.05) is 45.0 Å². The standard InChI is InChI=1S/C14H18/c1-10-13(2,3)14(10)9-8-11-6-4-5-7-12(11)14/h4-7,10H,8-9H2,1-3H3. The number of rotatable bonds is 0. The Hall–Kier alpha value is -0.780. The van der Waals surface area contributed by atoms with Crippen LogP contribution in [0.3, 0.4) is 0 Å². The average molecular weight is 186 g/mol. The summed E-state index contributed by atoms with van der Waals surface area (Å²) in [4.78, 5) is 0. The van der Waals surface area contributed by atoms with Gasteiger partial charge in [0.05, 0.1) is 0 Å². The van der Waals surface area contributed by atoms with Crippen LogP contribution in [0.2, 0.25) is 0 Å². The van der Waals surface area contributed by atoms with E-state index in [0.29, 0.717) is 10.8 Å². The zero-order valence-electron chi connectivity index (χ0n) is 9.30. The Morgan fingerprint density at radius 3 is 2.50 bits per heavy atom. The van der Waals surface area contributed by atoms with E-state index in [1.165, 1.54) is 12.8 Å². The molecule has 74 valence electrons. The van der Waals surface area contributed by atoms with Crippen molar-refractivity contribution in [1.29, 1.82) is 0 Å². The van der Waals surface area contributed by atoms with Crippen molar-refractivity contribution in [3.05, 3.63) is 35.4 Å². The molecule has 1 aromatic carbocycles. The van der Waals surface area contributed by atoms with Crippen LogP contribution in [0.25, 0.3) is 0 Å². The summed E-state index contributed by atoms with van der Waals surface area (Å²) in [5.41, 5.74) is 4.31. The molecule has 0 heterocycles. The second kappa shape index (κ2) is 2.24. The summed E-state index contributed by atoms with van der Waals surface area (Å²) in [6, 6.07) is 9.05. The summed E-state index contributed by atoms with van der Waals surface area (Å²) in [7, 11) is 0. The van der Waals surface area contributed by atoms with Gasteiger partial charge in [0.15, 0.2) is 0 Å². The van der Waals surface area contributed by atoms with Gasteiger partial charge in [0.1, 0.15) is 0 Å². The van der Waals surface area contributed by atoms with Gasteiger partial charge < -0.3 is 0 Å². The van der Waals surface area contributed by atoms with E-state index in [1.807, 2.05) is 0 Å². The van der Waals surface area contributed by atoms with Gasteiger partial charge in [0.2, 0.25) is 0 Å². The normalized spacial score (nSPS) is 37.2. The van der Waals surface area contributed by atoms with Crippen LogP contribution in [-0.4, -0.2) is 0 Å². The average Bonchev–Trinajstić information content (AvgIpc) is 2.52. The smallest absolute Gasteiger partial charge is 0.00438 e. The van der Waals surface area contributed by atoms with Crippen molar-refractivity contribution in [2.75, 3.05) is 0 Å². The second-order valence-corrected chi connectivity index (χ2v) is 5.57. The highest BCUT2D eigenvalue weighted by molar-refractivity contribution is 5.48. The molecule has 0 nitrogen and oxygen atoms in total. The highest BCUT2D eigenvalue weighted by Crippen LogP contribution is 2.73. The van der Waals surface area contributed by atoms with Crippen LogP contribution in [0, 0.1) is 11.3 Å². The predicted molar refractivity (Wildman–Crippen MR) is 59.4 cm³/mol. The quantitative estimate of drug-likeness (QED) is 0.581. The van der Waals surface area contributed by atoms with E-state index in [0.717, 1.165) is 5.92 Å². The Balaban J connectivity index is 2.17. The summed E-state index contributed by atoms with van der Waals surface area (Å²) in [6.45, 7) is 7.28. The summed E-state index contributed by atoms with van der Waals surface area (Å²) in [5, 5.41) is 0. The number of benzene rings is 1. The maximum absolute atomic E-state index is 2.43. The zero-order valence-corrected chi connectivity index (χ0v) is 9.30. The van der Waals surface area contributed by atoms with Crippen LogP contribution >= 0.6 is 0 Å². The molecule has 2 aliphatic rings. The number of hydrogen-bond donors (Lipinski definition) is 0. The van der Waals surface area contributed by atoms with E-state index in [2.05, 4.69) is 45.0 Å². The largest absolute Gasteiger partial charge is 0.0620 e. The van der Waals surface area contributed by atoms with E-state index in [1.54, 1.807) is 11.1 Å². The highest BCUT2D eigenvalue weighted by atomic mass is 14.7. The number of hydrogen-bond acceptors (Lipinski definition) is 0. The zero-order chi connectivity index (χ0) is 9.97. The fraction of sp³-hybridized carbons (Fsp3) is 0.571. The molecule has 1 fully saturated rings. The Kier molecular flexibility index (Phi) is 1.36. The molecule has 1 spiro atoms. The molecular weight excluding hydrogens is 168 g/mol. The van der Waals surface area contributed by atoms with Crippen LogP contribution in [0.4, 0.5) is 0 Å². The van der Waals surface area contributed by atoms with Gasteiger partial charge in [-0.25, -0.2) is 0 Å². The van der Waals surface area contributed by atoms with Crippen molar-refractivity contribution in [1.82, 2.24) is 0 Å². The van der Waals surface area contributed by atoms with Gasteiger partial charge in [-0.15, -0.1) is 0 Å². The van der Waals surface area contributed by atoms with Gasteiger partial charge in [-0.05, 0) is 35.3 Å². The van der Waals surface area contributed by atoms with Gasteiger partial charge in [-0.2, -0.15) is 0 Å². The molecule has 0 aliphatic heterocycles. The topological polar surface area (TPSA) is 0 Å². The Morgan fingerprint density at radius 1 is 1.21 bits per heavy atom. The van der Waals surface area contributed by atoms with E-state index in [9.17, 15) is 0 Å². The molecule has 1 saturated carbocycles. The van der Waals surface area contributed by atoms with Gasteiger partial charge in [0.25, 0.3) is 0 Å². The SMILES string of the molecule is CC1C(C)(C)C12CCc1ccccc12. The summed E-state index contributed by atoms with van der Waals surface area (Å²) >= 11 is 0. The number of fused-ring (bicyclic) bond motifs is 2. The third-order valence-electron chi connectivity index (χ3n) is 5.17. The minimum Gasteiger partial charge on any atom is -0.0620 e. The minimum absolute atomic E-state index is 0.527. The third-order valence-corrected chi connectivity index (χ3v) is 5.17. The molecule has 0 amide bonds. The highest BCUT2D eigenvalue weighted by Gasteiger charge is 2.70. The Morgan fingerprint density at radius 2 is 1.86 bits per heavy atom. The third kappa shape index (κ3) is 0.690. The molecule has 0 heteroatoms. The molecule has 0 radical (unpaired) electrons. The van der Waals surface area contributed by atoms with Crippen molar-refractivity contribution in [2.45, 2.75) is 39.0 Å². The predicted octanol–water partition coefficient (Wildman–Crippen LogP) is 3.55. The van der Waals surface area contributed by atoms with Crippen LogP contribution in [0.5, 0.6) is 0 Å². The van der Waals surface area contributed by atoms with Crippen LogP contribution in [0.15, 0.2) is 24.3 Å². The first kappa shape index (κ1) is 8.52. The Bertz CT molecular complexity index is 389. The molecule has 0 saturated heterocycles. The van der Waals surface area contributed by atoms with Crippen molar-refractivity contribution in [2.24, 2.45) is 11.3 Å². The number of aryl methyl sites for hydroxylation is 1. The molecule has 0 aromatic heterocycles. The second-order valence-electron chi connectivity index (χ2n) is 5.57. The first-order valence-corrected chi connectivity index (χ1v) is 5.69. The fourth-order valence-electron chi connectivity index (χ4n) is 3.89. The van der Waals surface area contributed by atoms with Gasteiger partial charge in [-0.3, -0.25) is 0 Å². The summed E-state index contributed by atoms with van der Waals surface area (Å²) < 4.78 is 0. The molecule has 2 aliphatic carbocycles. The minimum atomic E-state index is 0.527. The van der Waals surface area contributed by atoms with E-state index < -0.39 is 0 Å². The van der Waals surface area contributed by atoms with Gasteiger partial charge >= 0.3 is 0 Å². The molecule has 1 aromatic rings. The lowest BCUT2D eigenvalue weighted by Crippen LogP contribution is -2.10. The molecule has 0 bridgehead atoms. The van der Waals surface area contributed by atoms with E-state index in [-0.39, 0.29) is 0 Å². The molecule has 0 N–H and O–H groups in total. The van der Waals surface area contributed by atoms with Crippen LogP contribution in [0.1, 0.15) is 38.3 Å². The molecule has 3 rings (SSSR count). The van der Waals surface area contributed by atoms with Crippen molar-refractivity contribution >= 4 is 0 Å². The van der Waals surface area contributed by atoms with Crippen molar-refractivity contribution < 1.29 is 0 Å². The first-order chi connectivity index (χ1) is 6.61. The maximum Gasteiger partial charge on any atom is 0.00438 e. The van der Waals surface area contributed by atoms with Crippen molar-refractivity contribution in [3.8, 4) is 0 Å². The molecule has 2 atom stereocenters. The lowest BCUT2D eigenvalue weighted by Gasteiger charge is -2.14. The molecule has 14 heavy (non-hydrogen) atoms. The maximum atomic E-state index is 2.43. The summed E-state index contributed by atoms with van der Waals surface area (Å²) in [5.74, 6) is 0.860. The summed E-state index contributed by atoms with van der Waals surface area (Å²) in [6.07, 6.45) is 2.67. The molecule has 2 unspecified atom stereocenters. The monoisotopic (exact) mass is 186 g/mol. The van der Waals surface area contributed by atoms with Crippen LogP contribution < -0.4 is 0 Å². The van der Waals surface area contributed by atoms with E-state index >= 15 is 0 Å². The lowest BCUT2D eigenvalue weighted by molar-refractivity contribution is 0.492.